The Morgan fingerprint density at radius 3 is 2.39 bits per heavy atom. The zero-order chi connectivity index (χ0) is 13.0. The molecule has 0 saturated carbocycles. The van der Waals surface area contributed by atoms with Gasteiger partial charge in [-0.05, 0) is 36.6 Å². The third-order valence-corrected chi connectivity index (χ3v) is 4.13. The normalized spacial score (nSPS) is 12.6. The lowest BCUT2D eigenvalue weighted by molar-refractivity contribution is 0.646. The average molecular weight is 260 g/mol. The van der Waals surface area contributed by atoms with Crippen molar-refractivity contribution in [3.8, 4) is 0 Å². The second-order valence-electron chi connectivity index (χ2n) is 4.54. The summed E-state index contributed by atoms with van der Waals surface area (Å²) in [5, 5.41) is 0. The summed E-state index contributed by atoms with van der Waals surface area (Å²) in [7, 11) is 0. The van der Waals surface area contributed by atoms with E-state index in [1.54, 1.807) is 11.3 Å². The van der Waals surface area contributed by atoms with Crippen LogP contribution in [0.5, 0.6) is 0 Å². The smallest absolute Gasteiger partial charge is 0.0802 e. The van der Waals surface area contributed by atoms with Gasteiger partial charge in [-0.15, -0.1) is 11.3 Å². The number of nitrogens with one attached hydrogen (secondary N) is 1. The first-order chi connectivity index (χ1) is 8.74. The van der Waals surface area contributed by atoms with Gasteiger partial charge in [0.1, 0.15) is 0 Å². The van der Waals surface area contributed by atoms with E-state index >= 15 is 0 Å². The van der Waals surface area contributed by atoms with Crippen molar-refractivity contribution in [1.29, 1.82) is 0 Å². The molecule has 3 heteroatoms. The second-order valence-corrected chi connectivity index (χ2v) is 5.86. The number of thiophene rings is 1. The second kappa shape index (κ2) is 6.14. The molecule has 0 aliphatic heterocycles. The standard InChI is InChI=1S/C15H20N2S/c1-3-4-12-6-8-13(9-7-12)15(17-16)14-10-5-11(2)18-14/h5-10,15,17H,3-4,16H2,1-2H3. The fraction of sp³-hybridized carbons (Fsp3) is 0.333. The summed E-state index contributed by atoms with van der Waals surface area (Å²) in [5.41, 5.74) is 5.52. The van der Waals surface area contributed by atoms with Gasteiger partial charge >= 0.3 is 0 Å². The van der Waals surface area contributed by atoms with Crippen LogP contribution in [-0.4, -0.2) is 0 Å². The molecule has 0 saturated heterocycles. The summed E-state index contributed by atoms with van der Waals surface area (Å²) in [4.78, 5) is 2.58. The van der Waals surface area contributed by atoms with Gasteiger partial charge in [0, 0.05) is 9.75 Å². The van der Waals surface area contributed by atoms with Crippen LogP contribution in [0.25, 0.3) is 0 Å². The monoisotopic (exact) mass is 260 g/mol. The largest absolute Gasteiger partial charge is 0.271 e. The SMILES string of the molecule is CCCc1ccc(C(NN)c2ccc(C)s2)cc1. The van der Waals surface area contributed by atoms with Crippen molar-refractivity contribution in [2.75, 3.05) is 0 Å². The molecule has 1 atom stereocenters. The van der Waals surface area contributed by atoms with Crippen molar-refractivity contribution in [2.45, 2.75) is 32.7 Å². The zero-order valence-electron chi connectivity index (χ0n) is 10.9. The minimum atomic E-state index is 0.0966. The fourth-order valence-electron chi connectivity index (χ4n) is 2.12. The van der Waals surface area contributed by atoms with Gasteiger partial charge in [0.15, 0.2) is 0 Å². The maximum atomic E-state index is 5.70. The molecule has 1 aromatic carbocycles. The van der Waals surface area contributed by atoms with E-state index in [2.05, 4.69) is 55.7 Å². The van der Waals surface area contributed by atoms with Crippen LogP contribution in [0.15, 0.2) is 36.4 Å². The van der Waals surface area contributed by atoms with E-state index in [1.165, 1.54) is 27.3 Å². The Balaban J connectivity index is 2.22. The molecule has 1 aromatic heterocycles. The Hall–Kier alpha value is -1.16. The summed E-state index contributed by atoms with van der Waals surface area (Å²) in [6, 6.07) is 13.1. The minimum absolute atomic E-state index is 0.0966. The summed E-state index contributed by atoms with van der Waals surface area (Å²) in [6.07, 6.45) is 2.32. The summed E-state index contributed by atoms with van der Waals surface area (Å²) < 4.78 is 0. The lowest BCUT2D eigenvalue weighted by Gasteiger charge is -2.15. The summed E-state index contributed by atoms with van der Waals surface area (Å²) in [5.74, 6) is 5.70. The van der Waals surface area contributed by atoms with E-state index in [9.17, 15) is 0 Å². The molecule has 96 valence electrons. The number of hydrogen-bond acceptors (Lipinski definition) is 3. The van der Waals surface area contributed by atoms with Crippen LogP contribution in [0.3, 0.4) is 0 Å². The molecule has 1 unspecified atom stereocenters. The van der Waals surface area contributed by atoms with E-state index in [0.29, 0.717) is 0 Å². The fourth-order valence-corrected chi connectivity index (χ4v) is 3.08. The van der Waals surface area contributed by atoms with Gasteiger partial charge in [0.25, 0.3) is 0 Å². The number of aryl methyl sites for hydroxylation is 2. The molecule has 0 radical (unpaired) electrons. The van der Waals surface area contributed by atoms with Crippen molar-refractivity contribution in [1.82, 2.24) is 5.43 Å². The van der Waals surface area contributed by atoms with Crippen LogP contribution in [0.2, 0.25) is 0 Å². The first-order valence-corrected chi connectivity index (χ1v) is 7.17. The average Bonchev–Trinajstić information content (AvgIpc) is 2.79. The Labute approximate surface area is 113 Å². The lowest BCUT2D eigenvalue weighted by atomic mass is 10.0. The molecule has 2 rings (SSSR count). The molecule has 3 N–H and O–H groups in total. The molecule has 2 nitrogen and oxygen atoms in total. The molecular weight excluding hydrogens is 240 g/mol. The van der Waals surface area contributed by atoms with Crippen LogP contribution in [0, 0.1) is 6.92 Å². The van der Waals surface area contributed by atoms with Crippen molar-refractivity contribution < 1.29 is 0 Å². The molecule has 0 spiro atoms. The van der Waals surface area contributed by atoms with Gasteiger partial charge in [0.05, 0.1) is 6.04 Å². The van der Waals surface area contributed by atoms with E-state index < -0.39 is 0 Å². The summed E-state index contributed by atoms with van der Waals surface area (Å²) >= 11 is 1.79. The number of hydrogen-bond donors (Lipinski definition) is 2. The Morgan fingerprint density at radius 1 is 1.17 bits per heavy atom. The highest BCUT2D eigenvalue weighted by atomic mass is 32.1. The highest BCUT2D eigenvalue weighted by Gasteiger charge is 2.13. The molecule has 0 bridgehead atoms. The number of hydrazine groups is 1. The number of benzene rings is 1. The predicted octanol–water partition coefficient (Wildman–Crippen LogP) is 3.56. The van der Waals surface area contributed by atoms with Gasteiger partial charge in [-0.25, -0.2) is 5.43 Å². The molecule has 2 aromatic rings. The zero-order valence-corrected chi connectivity index (χ0v) is 11.8. The first-order valence-electron chi connectivity index (χ1n) is 6.36. The third kappa shape index (κ3) is 2.99. The maximum Gasteiger partial charge on any atom is 0.0802 e. The van der Waals surface area contributed by atoms with Crippen LogP contribution in [0.4, 0.5) is 0 Å². The van der Waals surface area contributed by atoms with E-state index in [1.807, 2.05) is 0 Å². The Kier molecular flexibility index (Phi) is 4.53. The highest BCUT2D eigenvalue weighted by Crippen LogP contribution is 2.27. The molecule has 0 aliphatic rings. The van der Waals surface area contributed by atoms with Crippen molar-refractivity contribution >= 4 is 11.3 Å². The van der Waals surface area contributed by atoms with Gasteiger partial charge in [0.2, 0.25) is 0 Å². The number of nitrogens with two attached hydrogens (primary N) is 1. The van der Waals surface area contributed by atoms with Crippen molar-refractivity contribution in [3.05, 3.63) is 57.3 Å². The Morgan fingerprint density at radius 2 is 1.89 bits per heavy atom. The predicted molar refractivity (Wildman–Crippen MR) is 78.7 cm³/mol. The molecule has 18 heavy (non-hydrogen) atoms. The van der Waals surface area contributed by atoms with Gasteiger partial charge in [-0.3, -0.25) is 5.84 Å². The molecule has 1 heterocycles. The van der Waals surface area contributed by atoms with Gasteiger partial charge in [-0.1, -0.05) is 37.6 Å². The van der Waals surface area contributed by atoms with Gasteiger partial charge in [-0.2, -0.15) is 0 Å². The highest BCUT2D eigenvalue weighted by molar-refractivity contribution is 7.12. The van der Waals surface area contributed by atoms with Crippen molar-refractivity contribution in [3.63, 3.8) is 0 Å². The van der Waals surface area contributed by atoms with E-state index in [0.717, 1.165) is 6.42 Å². The maximum absolute atomic E-state index is 5.70. The molecule has 0 fully saturated rings. The van der Waals surface area contributed by atoms with Crippen LogP contribution < -0.4 is 11.3 Å². The number of rotatable bonds is 5. The molecule has 0 amide bonds. The van der Waals surface area contributed by atoms with Crippen LogP contribution >= 0.6 is 11.3 Å². The molecule has 0 aliphatic carbocycles. The van der Waals surface area contributed by atoms with Crippen LogP contribution in [-0.2, 0) is 6.42 Å². The van der Waals surface area contributed by atoms with E-state index in [-0.39, 0.29) is 6.04 Å². The topological polar surface area (TPSA) is 38.0 Å². The third-order valence-electron chi connectivity index (χ3n) is 3.06. The summed E-state index contributed by atoms with van der Waals surface area (Å²) in [6.45, 7) is 4.32. The first kappa shape index (κ1) is 13.3. The quantitative estimate of drug-likeness (QED) is 0.637. The van der Waals surface area contributed by atoms with Gasteiger partial charge < -0.3 is 0 Å². The Bertz CT molecular complexity index is 487. The minimum Gasteiger partial charge on any atom is -0.271 e. The van der Waals surface area contributed by atoms with Crippen LogP contribution in [0.1, 0.15) is 40.3 Å². The van der Waals surface area contributed by atoms with E-state index in [4.69, 9.17) is 5.84 Å². The molecular formula is C15H20N2S. The van der Waals surface area contributed by atoms with Crippen molar-refractivity contribution in [2.24, 2.45) is 5.84 Å². The lowest BCUT2D eigenvalue weighted by Crippen LogP contribution is -2.28.